The average Bonchev–Trinajstić information content (AvgIpc) is 3.19. The van der Waals surface area contributed by atoms with E-state index in [0.29, 0.717) is 47.6 Å². The van der Waals surface area contributed by atoms with Crippen LogP contribution in [0.1, 0.15) is 54.7 Å². The van der Waals surface area contributed by atoms with Crippen molar-refractivity contribution in [2.75, 3.05) is 36.4 Å². The van der Waals surface area contributed by atoms with E-state index in [2.05, 4.69) is 10.4 Å². The van der Waals surface area contributed by atoms with Gasteiger partial charge in [0.1, 0.15) is 5.15 Å². The van der Waals surface area contributed by atoms with Crippen molar-refractivity contribution >= 4 is 62.1 Å². The van der Waals surface area contributed by atoms with Crippen molar-refractivity contribution in [2.24, 2.45) is 0 Å². The van der Waals surface area contributed by atoms with Gasteiger partial charge in [0.2, 0.25) is 10.0 Å². The molecule has 210 valence electrons. The Hall–Kier alpha value is -2.30. The summed E-state index contributed by atoms with van der Waals surface area (Å²) in [6.45, 7) is 8.29. The van der Waals surface area contributed by atoms with E-state index in [4.69, 9.17) is 34.8 Å². The lowest BCUT2D eigenvalue weighted by atomic mass is 10.2. The molecule has 1 fully saturated rings. The maximum absolute atomic E-state index is 13.6. The van der Waals surface area contributed by atoms with Crippen molar-refractivity contribution in [3.8, 4) is 0 Å². The molecule has 0 saturated carbocycles. The molecule has 0 spiro atoms. The van der Waals surface area contributed by atoms with E-state index in [1.165, 1.54) is 15.1 Å². The maximum atomic E-state index is 13.6. The first kappa shape index (κ1) is 29.7. The molecule has 1 aromatic heterocycles. The van der Waals surface area contributed by atoms with Gasteiger partial charge in [0.15, 0.2) is 0 Å². The van der Waals surface area contributed by atoms with Crippen molar-refractivity contribution in [1.29, 1.82) is 0 Å². The number of nitrogens with one attached hydrogen (secondary N) is 1. The molecule has 1 amide bonds. The zero-order valence-electron chi connectivity index (χ0n) is 22.2. The van der Waals surface area contributed by atoms with Crippen LogP contribution in [0.25, 0.3) is 0 Å². The zero-order valence-corrected chi connectivity index (χ0v) is 25.3. The molecule has 8 nitrogen and oxygen atoms in total. The van der Waals surface area contributed by atoms with Crippen LogP contribution < -0.4 is 10.2 Å². The number of halogens is 3. The van der Waals surface area contributed by atoms with Gasteiger partial charge < -0.3 is 10.2 Å². The molecule has 0 aliphatic carbocycles. The number of sulfonamides is 1. The molecule has 0 radical (unpaired) electrons. The highest BCUT2D eigenvalue weighted by molar-refractivity contribution is 7.89. The van der Waals surface area contributed by atoms with E-state index >= 15 is 0 Å². The SMILES string of the molecule is CCN(CC)c1ccc(S(=O)(=O)N2CCCCC2)cc1NC(=O)c1c(C)nn(Cc2ccc(Cl)cc2Cl)c1Cl. The highest BCUT2D eigenvalue weighted by Crippen LogP contribution is 2.33. The second-order valence-corrected chi connectivity index (χ2v) is 12.6. The Kier molecular flexibility index (Phi) is 9.49. The van der Waals surface area contributed by atoms with Crippen LogP contribution in [0.2, 0.25) is 15.2 Å². The summed E-state index contributed by atoms with van der Waals surface area (Å²) in [6.07, 6.45) is 2.69. The molecule has 1 saturated heterocycles. The summed E-state index contributed by atoms with van der Waals surface area (Å²) in [5, 5.41) is 8.51. The third kappa shape index (κ3) is 6.38. The smallest absolute Gasteiger partial charge is 0.260 e. The molecule has 2 heterocycles. The lowest BCUT2D eigenvalue weighted by Gasteiger charge is -2.28. The van der Waals surface area contributed by atoms with Gasteiger partial charge in [0.05, 0.1) is 34.1 Å². The number of aryl methyl sites for hydroxylation is 1. The van der Waals surface area contributed by atoms with Crippen molar-refractivity contribution in [2.45, 2.75) is 51.5 Å². The van der Waals surface area contributed by atoms with Crippen molar-refractivity contribution in [3.63, 3.8) is 0 Å². The first-order valence-corrected chi connectivity index (χ1v) is 15.5. The molecular weight excluding hydrogens is 581 g/mol. The quantitative estimate of drug-likeness (QED) is 0.299. The molecule has 1 aliphatic heterocycles. The zero-order chi connectivity index (χ0) is 28.3. The molecule has 4 rings (SSSR count). The van der Waals surface area contributed by atoms with E-state index in [0.717, 1.165) is 30.5 Å². The predicted molar refractivity (Wildman–Crippen MR) is 158 cm³/mol. The highest BCUT2D eigenvalue weighted by Gasteiger charge is 2.28. The summed E-state index contributed by atoms with van der Waals surface area (Å²) in [7, 11) is -3.70. The molecule has 0 bridgehead atoms. The summed E-state index contributed by atoms with van der Waals surface area (Å²) in [5.41, 5.74) is 2.50. The Bertz CT molecular complexity index is 1470. The van der Waals surface area contributed by atoms with E-state index < -0.39 is 15.9 Å². The fraction of sp³-hybridized carbons (Fsp3) is 0.407. The van der Waals surface area contributed by atoms with Gasteiger partial charge in [0.25, 0.3) is 5.91 Å². The standard InChI is InChI=1S/C27H32Cl3N5O3S/c1-4-33(5-2)24-12-11-21(39(37,38)34-13-7-6-8-14-34)16-23(24)31-27(36)25-18(3)32-35(26(25)30)17-19-9-10-20(28)15-22(19)29/h9-12,15-16H,4-8,13-14,17H2,1-3H3,(H,31,36). The minimum absolute atomic E-state index is 0.145. The average molecular weight is 613 g/mol. The summed E-state index contributed by atoms with van der Waals surface area (Å²) in [6, 6.07) is 10.0. The number of carbonyl (C=O) groups is 1. The normalized spacial score (nSPS) is 14.4. The summed E-state index contributed by atoms with van der Waals surface area (Å²) >= 11 is 19.0. The molecule has 1 aliphatic rings. The predicted octanol–water partition coefficient (Wildman–Crippen LogP) is 6.47. The van der Waals surface area contributed by atoms with Crippen LogP contribution in [-0.2, 0) is 16.6 Å². The number of aromatic nitrogens is 2. The van der Waals surface area contributed by atoms with Crippen LogP contribution in [0.4, 0.5) is 11.4 Å². The van der Waals surface area contributed by atoms with Crippen LogP contribution in [0, 0.1) is 6.92 Å². The summed E-state index contributed by atoms with van der Waals surface area (Å²) < 4.78 is 29.8. The van der Waals surface area contributed by atoms with Crippen molar-refractivity contribution in [3.05, 3.63) is 68.4 Å². The second kappa shape index (κ2) is 12.5. The molecule has 1 N–H and O–H groups in total. The summed E-state index contributed by atoms with van der Waals surface area (Å²) in [5.74, 6) is -0.480. The van der Waals surface area contributed by atoms with Gasteiger partial charge in [-0.3, -0.25) is 4.79 Å². The summed E-state index contributed by atoms with van der Waals surface area (Å²) in [4.78, 5) is 15.8. The Labute approximate surface area is 244 Å². The van der Waals surface area contributed by atoms with Crippen LogP contribution in [-0.4, -0.2) is 54.6 Å². The number of hydrogen-bond acceptors (Lipinski definition) is 5. The van der Waals surface area contributed by atoms with E-state index in [1.54, 1.807) is 37.3 Å². The fourth-order valence-corrected chi connectivity index (χ4v) is 7.11. The number of amides is 1. The number of carbonyl (C=O) groups excluding carboxylic acids is 1. The van der Waals surface area contributed by atoms with Gasteiger partial charge in [-0.25, -0.2) is 13.1 Å². The number of rotatable bonds is 9. The number of piperidine rings is 1. The maximum Gasteiger partial charge on any atom is 0.260 e. The molecule has 3 aromatic rings. The minimum atomic E-state index is -3.70. The lowest BCUT2D eigenvalue weighted by Crippen LogP contribution is -2.35. The molecule has 2 aromatic carbocycles. The number of anilines is 2. The second-order valence-electron chi connectivity index (χ2n) is 9.41. The highest BCUT2D eigenvalue weighted by atomic mass is 35.5. The fourth-order valence-electron chi connectivity index (χ4n) is 4.78. The van der Waals surface area contributed by atoms with Gasteiger partial charge in [-0.2, -0.15) is 9.40 Å². The molecule has 0 atom stereocenters. The van der Waals surface area contributed by atoms with E-state index in [9.17, 15) is 13.2 Å². The molecular formula is C27H32Cl3N5O3S. The van der Waals surface area contributed by atoms with Crippen LogP contribution in [0.15, 0.2) is 41.3 Å². The Morgan fingerprint density at radius 1 is 1.03 bits per heavy atom. The Balaban J connectivity index is 1.68. The van der Waals surface area contributed by atoms with Gasteiger partial charge in [-0.15, -0.1) is 0 Å². The van der Waals surface area contributed by atoms with Gasteiger partial charge in [-0.1, -0.05) is 47.3 Å². The third-order valence-electron chi connectivity index (χ3n) is 6.90. The van der Waals surface area contributed by atoms with Crippen molar-refractivity contribution in [1.82, 2.24) is 14.1 Å². The number of nitrogens with zero attached hydrogens (tertiary/aromatic N) is 4. The Morgan fingerprint density at radius 3 is 2.36 bits per heavy atom. The first-order valence-electron chi connectivity index (χ1n) is 12.9. The molecule has 12 heteroatoms. The largest absolute Gasteiger partial charge is 0.370 e. The van der Waals surface area contributed by atoms with Gasteiger partial charge in [-0.05, 0) is 69.5 Å². The van der Waals surface area contributed by atoms with Gasteiger partial charge in [0, 0.05) is 36.2 Å². The van der Waals surface area contributed by atoms with E-state index in [1.807, 2.05) is 18.7 Å². The third-order valence-corrected chi connectivity index (χ3v) is 9.77. The minimum Gasteiger partial charge on any atom is -0.370 e. The monoisotopic (exact) mass is 611 g/mol. The Morgan fingerprint density at radius 2 is 1.72 bits per heavy atom. The molecule has 39 heavy (non-hydrogen) atoms. The van der Waals surface area contributed by atoms with Gasteiger partial charge >= 0.3 is 0 Å². The van der Waals surface area contributed by atoms with E-state index in [-0.39, 0.29) is 22.2 Å². The van der Waals surface area contributed by atoms with Crippen LogP contribution in [0.3, 0.4) is 0 Å². The number of hydrogen-bond donors (Lipinski definition) is 1. The number of benzene rings is 2. The van der Waals surface area contributed by atoms with Crippen LogP contribution >= 0.6 is 34.8 Å². The van der Waals surface area contributed by atoms with Crippen LogP contribution in [0.5, 0.6) is 0 Å². The van der Waals surface area contributed by atoms with Crippen molar-refractivity contribution < 1.29 is 13.2 Å². The molecule has 0 unspecified atom stereocenters. The first-order chi connectivity index (χ1) is 18.6. The lowest BCUT2D eigenvalue weighted by molar-refractivity contribution is 0.102. The topological polar surface area (TPSA) is 87.5 Å².